The van der Waals surface area contributed by atoms with Gasteiger partial charge in [-0.1, -0.05) is 19.1 Å². The highest BCUT2D eigenvalue weighted by Gasteiger charge is 2.43. The number of amides is 3. The molecular formula is C21H24N2O6. The number of ether oxygens (including phenoxy) is 1. The highest BCUT2D eigenvalue weighted by atomic mass is 16.5. The Morgan fingerprint density at radius 3 is 2.62 bits per heavy atom. The van der Waals surface area contributed by atoms with Crippen molar-refractivity contribution in [1.82, 2.24) is 10.2 Å². The third kappa shape index (κ3) is 4.47. The molecule has 1 fully saturated rings. The average molecular weight is 400 g/mol. The standard InChI is InChI=1S/C21H24N2O6/c1-4-13-7-8-15-14(11-18(25)29-16(15)10-13)12-28-17(24)6-5-9-23-19(26)21(2,3)22-20(23)27/h7-8,10-11H,4-6,9,12H2,1-3H3,(H,22,27). The Labute approximate surface area is 167 Å². The molecule has 0 bridgehead atoms. The molecule has 0 unspecified atom stereocenters. The van der Waals surface area contributed by atoms with Crippen LogP contribution in [0.5, 0.6) is 0 Å². The van der Waals surface area contributed by atoms with Crippen LogP contribution < -0.4 is 10.9 Å². The lowest BCUT2D eigenvalue weighted by atomic mass is 10.1. The third-order valence-electron chi connectivity index (χ3n) is 4.90. The summed E-state index contributed by atoms with van der Waals surface area (Å²) in [4.78, 5) is 48.9. The average Bonchev–Trinajstić information content (AvgIpc) is 2.86. The van der Waals surface area contributed by atoms with Crippen molar-refractivity contribution in [2.75, 3.05) is 6.54 Å². The lowest BCUT2D eigenvalue weighted by Crippen LogP contribution is -2.40. The Hall–Kier alpha value is -3.16. The molecule has 1 aliphatic rings. The molecule has 1 N–H and O–H groups in total. The van der Waals surface area contributed by atoms with Crippen molar-refractivity contribution in [2.45, 2.75) is 52.2 Å². The molecule has 0 saturated carbocycles. The van der Waals surface area contributed by atoms with Gasteiger partial charge in [-0.05, 0) is 38.3 Å². The summed E-state index contributed by atoms with van der Waals surface area (Å²) in [6.45, 7) is 5.35. The summed E-state index contributed by atoms with van der Waals surface area (Å²) >= 11 is 0. The molecule has 3 amide bonds. The van der Waals surface area contributed by atoms with E-state index in [-0.39, 0.29) is 25.5 Å². The number of nitrogens with zero attached hydrogens (tertiary/aromatic N) is 1. The zero-order chi connectivity index (χ0) is 21.2. The SMILES string of the molecule is CCc1ccc2c(COC(=O)CCCN3C(=O)NC(C)(C)C3=O)cc(=O)oc2c1. The lowest BCUT2D eigenvalue weighted by molar-refractivity contribution is -0.145. The lowest BCUT2D eigenvalue weighted by Gasteiger charge is -2.15. The van der Waals surface area contributed by atoms with Gasteiger partial charge in [-0.3, -0.25) is 14.5 Å². The van der Waals surface area contributed by atoms with Crippen molar-refractivity contribution in [3.63, 3.8) is 0 Å². The van der Waals surface area contributed by atoms with E-state index >= 15 is 0 Å². The number of carbonyl (C=O) groups is 3. The van der Waals surface area contributed by atoms with E-state index < -0.39 is 23.2 Å². The molecule has 1 saturated heterocycles. The molecule has 2 heterocycles. The van der Waals surface area contributed by atoms with Crippen LogP contribution in [-0.4, -0.2) is 34.9 Å². The quantitative estimate of drug-likeness (QED) is 0.435. The number of hydrogen-bond acceptors (Lipinski definition) is 6. The Morgan fingerprint density at radius 2 is 1.97 bits per heavy atom. The number of nitrogens with one attached hydrogen (secondary N) is 1. The van der Waals surface area contributed by atoms with Crippen molar-refractivity contribution in [3.05, 3.63) is 45.8 Å². The number of esters is 1. The normalized spacial score (nSPS) is 15.6. The maximum Gasteiger partial charge on any atom is 0.336 e. The summed E-state index contributed by atoms with van der Waals surface area (Å²) in [5, 5.41) is 3.31. The molecule has 1 aromatic heterocycles. The highest BCUT2D eigenvalue weighted by molar-refractivity contribution is 6.06. The molecule has 154 valence electrons. The molecule has 0 aliphatic carbocycles. The van der Waals surface area contributed by atoms with E-state index in [0.717, 1.165) is 22.3 Å². The zero-order valence-corrected chi connectivity index (χ0v) is 16.7. The largest absolute Gasteiger partial charge is 0.461 e. The van der Waals surface area contributed by atoms with Gasteiger partial charge in [-0.2, -0.15) is 0 Å². The minimum atomic E-state index is -0.926. The molecule has 0 spiro atoms. The minimum absolute atomic E-state index is 0.0524. The van der Waals surface area contributed by atoms with Gasteiger partial charge in [0.2, 0.25) is 0 Å². The molecular weight excluding hydrogens is 376 g/mol. The monoisotopic (exact) mass is 400 g/mol. The van der Waals surface area contributed by atoms with Crippen LogP contribution in [0, 0.1) is 0 Å². The van der Waals surface area contributed by atoms with E-state index in [4.69, 9.17) is 9.15 Å². The summed E-state index contributed by atoms with van der Waals surface area (Å²) in [6.07, 6.45) is 1.16. The molecule has 2 aromatic rings. The second kappa shape index (κ2) is 8.06. The third-order valence-corrected chi connectivity index (χ3v) is 4.90. The van der Waals surface area contributed by atoms with E-state index in [1.54, 1.807) is 13.8 Å². The van der Waals surface area contributed by atoms with Crippen LogP contribution >= 0.6 is 0 Å². The number of carbonyl (C=O) groups excluding carboxylic acids is 3. The van der Waals surface area contributed by atoms with E-state index in [9.17, 15) is 19.2 Å². The van der Waals surface area contributed by atoms with Gasteiger partial charge in [0, 0.05) is 30.0 Å². The Morgan fingerprint density at radius 1 is 1.21 bits per heavy atom. The minimum Gasteiger partial charge on any atom is -0.461 e. The number of imide groups is 1. The smallest absolute Gasteiger partial charge is 0.336 e. The fourth-order valence-electron chi connectivity index (χ4n) is 3.25. The van der Waals surface area contributed by atoms with Crippen LogP contribution in [-0.2, 0) is 27.4 Å². The van der Waals surface area contributed by atoms with E-state index in [0.29, 0.717) is 17.6 Å². The van der Waals surface area contributed by atoms with Crippen LogP contribution in [0.1, 0.15) is 44.7 Å². The van der Waals surface area contributed by atoms with Crippen molar-refractivity contribution >= 4 is 28.9 Å². The Bertz CT molecular complexity index is 1020. The van der Waals surface area contributed by atoms with Crippen LogP contribution in [0.25, 0.3) is 11.0 Å². The predicted molar refractivity (Wildman–Crippen MR) is 105 cm³/mol. The molecule has 1 aliphatic heterocycles. The van der Waals surface area contributed by atoms with Gasteiger partial charge in [0.15, 0.2) is 0 Å². The summed E-state index contributed by atoms with van der Waals surface area (Å²) in [6, 6.07) is 6.45. The van der Waals surface area contributed by atoms with Crippen molar-refractivity contribution in [2.24, 2.45) is 0 Å². The second-order valence-electron chi connectivity index (χ2n) is 7.55. The van der Waals surface area contributed by atoms with Crippen LogP contribution in [0.4, 0.5) is 4.79 Å². The fraction of sp³-hybridized carbons (Fsp3) is 0.429. The molecule has 8 heteroatoms. The molecule has 1 aromatic carbocycles. The second-order valence-corrected chi connectivity index (χ2v) is 7.55. The van der Waals surface area contributed by atoms with Crippen LogP contribution in [0.3, 0.4) is 0 Å². The number of urea groups is 1. The summed E-state index contributed by atoms with van der Waals surface area (Å²) in [7, 11) is 0. The summed E-state index contributed by atoms with van der Waals surface area (Å²) in [5.74, 6) is -0.785. The zero-order valence-electron chi connectivity index (χ0n) is 16.7. The first-order valence-electron chi connectivity index (χ1n) is 9.56. The summed E-state index contributed by atoms with van der Waals surface area (Å²) in [5.41, 5.74) is 0.647. The van der Waals surface area contributed by atoms with Gasteiger partial charge in [-0.25, -0.2) is 9.59 Å². The van der Waals surface area contributed by atoms with Gasteiger partial charge < -0.3 is 14.5 Å². The topological polar surface area (TPSA) is 106 Å². The first-order chi connectivity index (χ1) is 13.7. The van der Waals surface area contributed by atoms with Gasteiger partial charge in [0.05, 0.1) is 0 Å². The number of benzene rings is 1. The first-order valence-corrected chi connectivity index (χ1v) is 9.56. The Balaban J connectivity index is 1.57. The van der Waals surface area contributed by atoms with E-state index in [2.05, 4.69) is 5.32 Å². The molecule has 8 nitrogen and oxygen atoms in total. The number of aryl methyl sites for hydroxylation is 1. The Kier molecular flexibility index (Phi) is 5.72. The van der Waals surface area contributed by atoms with Gasteiger partial charge in [0.1, 0.15) is 17.7 Å². The first kappa shape index (κ1) is 20.6. The molecule has 0 atom stereocenters. The van der Waals surface area contributed by atoms with Crippen molar-refractivity contribution < 1.29 is 23.5 Å². The van der Waals surface area contributed by atoms with Gasteiger partial charge >= 0.3 is 17.6 Å². The van der Waals surface area contributed by atoms with Gasteiger partial charge in [0.25, 0.3) is 5.91 Å². The summed E-state index contributed by atoms with van der Waals surface area (Å²) < 4.78 is 10.5. The number of hydrogen-bond donors (Lipinski definition) is 1. The van der Waals surface area contributed by atoms with E-state index in [1.165, 1.54) is 6.07 Å². The van der Waals surface area contributed by atoms with E-state index in [1.807, 2.05) is 25.1 Å². The number of fused-ring (bicyclic) bond motifs is 1. The van der Waals surface area contributed by atoms with Crippen LogP contribution in [0.15, 0.2) is 33.5 Å². The van der Waals surface area contributed by atoms with Crippen molar-refractivity contribution in [3.8, 4) is 0 Å². The number of rotatable bonds is 7. The van der Waals surface area contributed by atoms with Crippen molar-refractivity contribution in [1.29, 1.82) is 0 Å². The predicted octanol–water partition coefficient (Wildman–Crippen LogP) is 2.51. The van der Waals surface area contributed by atoms with Gasteiger partial charge in [-0.15, -0.1) is 0 Å². The molecule has 0 radical (unpaired) electrons. The molecule has 29 heavy (non-hydrogen) atoms. The van der Waals surface area contributed by atoms with Crippen LogP contribution in [0.2, 0.25) is 0 Å². The molecule has 3 rings (SSSR count). The fourth-order valence-corrected chi connectivity index (χ4v) is 3.25. The maximum atomic E-state index is 12.1. The highest BCUT2D eigenvalue weighted by Crippen LogP contribution is 2.20. The maximum absolute atomic E-state index is 12.1.